The zero-order chi connectivity index (χ0) is 25.9. The van der Waals surface area contributed by atoms with Gasteiger partial charge in [0.25, 0.3) is 0 Å². The Labute approximate surface area is 222 Å². The van der Waals surface area contributed by atoms with E-state index in [4.69, 9.17) is 0 Å². The lowest BCUT2D eigenvalue weighted by atomic mass is 10.0. The minimum atomic E-state index is 0.915. The molecule has 0 saturated heterocycles. The quantitative estimate of drug-likeness (QED) is 0.241. The number of H-pyrrole nitrogens is 2. The lowest BCUT2D eigenvalue weighted by molar-refractivity contribution is 1.28. The van der Waals surface area contributed by atoms with Gasteiger partial charge in [-0.25, -0.2) is 9.97 Å². The van der Waals surface area contributed by atoms with Crippen LogP contribution in [0.25, 0.3) is 57.5 Å². The Kier molecular flexibility index (Phi) is 6.29. The van der Waals surface area contributed by atoms with E-state index >= 15 is 0 Å². The van der Waals surface area contributed by atoms with Crippen LogP contribution < -0.4 is 0 Å². The second-order valence-electron chi connectivity index (χ2n) is 9.64. The largest absolute Gasteiger partial charge is 0.355 e. The first kappa shape index (κ1) is 23.4. The van der Waals surface area contributed by atoms with Gasteiger partial charge in [-0.1, -0.05) is 59.7 Å². The monoisotopic (exact) mass is 492 g/mol. The van der Waals surface area contributed by atoms with Gasteiger partial charge in [-0.15, -0.1) is 0 Å². The van der Waals surface area contributed by atoms with Crippen LogP contribution in [-0.2, 0) is 0 Å². The van der Waals surface area contributed by atoms with Crippen molar-refractivity contribution in [3.8, 4) is 11.1 Å². The van der Waals surface area contributed by atoms with Crippen molar-refractivity contribution in [3.63, 3.8) is 0 Å². The molecule has 0 fully saturated rings. The van der Waals surface area contributed by atoms with Gasteiger partial charge in [0.15, 0.2) is 0 Å². The predicted molar refractivity (Wildman–Crippen MR) is 160 cm³/mol. The normalized spacial score (nSPS) is 11.7. The van der Waals surface area contributed by atoms with Gasteiger partial charge in [0.2, 0.25) is 0 Å². The highest BCUT2D eigenvalue weighted by atomic mass is 14.8. The molecular weight excluding hydrogens is 464 g/mol. The summed E-state index contributed by atoms with van der Waals surface area (Å²) in [5.74, 6) is 0. The third-order valence-electron chi connectivity index (χ3n) is 6.48. The summed E-state index contributed by atoms with van der Waals surface area (Å²) in [6, 6.07) is 33.7. The molecule has 2 aromatic carbocycles. The van der Waals surface area contributed by atoms with Crippen molar-refractivity contribution in [1.29, 1.82) is 0 Å². The standard InChI is InChI=1S/C20H14N4.C14H14/c1-2-14-10-16-5-6-18(23-16)12-20-8-7-19(24-20)11-17-4-3-15(22-17)9-13(1)21-14;1-11-3-7-13(8-4-11)14-9-5-12(2)6-10-14/h1-12,21-22H;3-10H,1-2H3. The number of aromatic nitrogens is 4. The minimum absolute atomic E-state index is 0.915. The van der Waals surface area contributed by atoms with Crippen molar-refractivity contribution >= 4 is 46.4 Å². The number of aromatic amines is 2. The Hall–Kier alpha value is -4.96. The van der Waals surface area contributed by atoms with Gasteiger partial charge in [-0.3, -0.25) is 0 Å². The highest BCUT2D eigenvalue weighted by molar-refractivity contribution is 5.77. The van der Waals surface area contributed by atoms with Crippen LogP contribution >= 0.6 is 0 Å². The first-order valence-electron chi connectivity index (χ1n) is 12.7. The number of aryl methyl sites for hydroxylation is 2. The van der Waals surface area contributed by atoms with Gasteiger partial charge in [-0.2, -0.15) is 0 Å². The Balaban J connectivity index is 0.000000161. The zero-order valence-electron chi connectivity index (χ0n) is 21.4. The van der Waals surface area contributed by atoms with Crippen LogP contribution in [0.1, 0.15) is 33.9 Å². The SMILES string of the molecule is C1=Cc2cc3ccc(cc4ccc(cc5nc(cc1n2)C=C5)[nH]4)[nH]3.Cc1ccc(-c2ccc(C)cc2)cc1. The molecule has 0 radical (unpaired) electrons. The second kappa shape index (κ2) is 10.2. The van der Waals surface area contributed by atoms with Crippen molar-refractivity contribution < 1.29 is 0 Å². The van der Waals surface area contributed by atoms with E-state index < -0.39 is 0 Å². The van der Waals surface area contributed by atoms with Gasteiger partial charge in [0, 0.05) is 22.1 Å². The number of benzene rings is 2. The number of nitrogens with zero attached hydrogens (tertiary/aromatic N) is 2. The minimum Gasteiger partial charge on any atom is -0.355 e. The van der Waals surface area contributed by atoms with Crippen molar-refractivity contribution in [2.24, 2.45) is 0 Å². The van der Waals surface area contributed by atoms with Crippen molar-refractivity contribution in [2.75, 3.05) is 0 Å². The van der Waals surface area contributed by atoms with E-state index in [0.717, 1.165) is 44.8 Å². The molecule has 0 aliphatic carbocycles. The van der Waals surface area contributed by atoms with Gasteiger partial charge >= 0.3 is 0 Å². The molecule has 3 aromatic heterocycles. The smallest absolute Gasteiger partial charge is 0.0659 e. The highest BCUT2D eigenvalue weighted by Crippen LogP contribution is 2.20. The number of hydrogen-bond acceptors (Lipinski definition) is 2. The summed E-state index contributed by atoms with van der Waals surface area (Å²) in [5.41, 5.74) is 13.0. The fourth-order valence-corrected chi connectivity index (χ4v) is 4.44. The second-order valence-corrected chi connectivity index (χ2v) is 9.64. The molecule has 0 amide bonds. The Bertz CT molecular complexity index is 1680. The summed E-state index contributed by atoms with van der Waals surface area (Å²) < 4.78 is 0. The van der Waals surface area contributed by atoms with Crippen LogP contribution in [0.15, 0.2) is 97.1 Å². The molecule has 2 N–H and O–H groups in total. The summed E-state index contributed by atoms with van der Waals surface area (Å²) in [4.78, 5) is 16.0. The third kappa shape index (κ3) is 5.55. The van der Waals surface area contributed by atoms with E-state index in [1.54, 1.807) is 0 Å². The average Bonchev–Trinajstić information content (AvgIpc) is 3.72. The van der Waals surface area contributed by atoms with Crippen molar-refractivity contribution in [2.45, 2.75) is 13.8 Å². The van der Waals surface area contributed by atoms with Crippen molar-refractivity contribution in [3.05, 3.63) is 131 Å². The van der Waals surface area contributed by atoms with E-state index in [9.17, 15) is 0 Å². The zero-order valence-corrected chi connectivity index (χ0v) is 21.4. The van der Waals surface area contributed by atoms with E-state index in [1.807, 2.05) is 42.5 Å². The van der Waals surface area contributed by atoms with E-state index in [2.05, 4.69) is 113 Å². The van der Waals surface area contributed by atoms with E-state index in [0.29, 0.717) is 0 Å². The van der Waals surface area contributed by atoms with Crippen LogP contribution in [-0.4, -0.2) is 19.9 Å². The fraction of sp³-hybridized carbons (Fsp3) is 0.0588. The highest BCUT2D eigenvalue weighted by Gasteiger charge is 2.02. The van der Waals surface area contributed by atoms with E-state index in [-0.39, 0.29) is 0 Å². The van der Waals surface area contributed by atoms with Crippen LogP contribution in [0.4, 0.5) is 0 Å². The predicted octanol–water partition coefficient (Wildman–Crippen LogP) is 8.63. The Morgan fingerprint density at radius 3 is 1.13 bits per heavy atom. The molecule has 0 saturated carbocycles. The molecule has 0 unspecified atom stereocenters. The molecule has 0 atom stereocenters. The van der Waals surface area contributed by atoms with Gasteiger partial charge in [0.05, 0.1) is 22.8 Å². The third-order valence-corrected chi connectivity index (χ3v) is 6.48. The van der Waals surface area contributed by atoms with Crippen LogP contribution in [0, 0.1) is 13.8 Å². The number of nitrogens with one attached hydrogen (secondary N) is 2. The Morgan fingerprint density at radius 1 is 0.395 bits per heavy atom. The summed E-state index contributed by atoms with van der Waals surface area (Å²) >= 11 is 0. The molecule has 7 rings (SSSR count). The lowest BCUT2D eigenvalue weighted by Crippen LogP contribution is -1.78. The summed E-state index contributed by atoms with van der Waals surface area (Å²) in [6.07, 6.45) is 8.05. The van der Waals surface area contributed by atoms with Crippen LogP contribution in [0.3, 0.4) is 0 Å². The molecule has 184 valence electrons. The van der Waals surface area contributed by atoms with Gasteiger partial charge in [-0.05, 0) is 97.8 Å². The van der Waals surface area contributed by atoms with Gasteiger partial charge < -0.3 is 9.97 Å². The van der Waals surface area contributed by atoms with Crippen LogP contribution in [0.2, 0.25) is 0 Å². The maximum absolute atomic E-state index is 4.62. The molecule has 5 heterocycles. The van der Waals surface area contributed by atoms with E-state index in [1.165, 1.54) is 22.3 Å². The number of rotatable bonds is 1. The summed E-state index contributed by atoms with van der Waals surface area (Å²) in [5, 5.41) is 0. The number of fused-ring (bicyclic) bond motifs is 8. The average molecular weight is 493 g/mol. The molecular formula is C34H28N4. The summed E-state index contributed by atoms with van der Waals surface area (Å²) in [7, 11) is 0. The van der Waals surface area contributed by atoms with Gasteiger partial charge in [0.1, 0.15) is 0 Å². The Morgan fingerprint density at radius 2 is 0.737 bits per heavy atom. The first-order valence-corrected chi connectivity index (χ1v) is 12.7. The molecule has 2 aliphatic rings. The first-order chi connectivity index (χ1) is 18.6. The molecule has 38 heavy (non-hydrogen) atoms. The van der Waals surface area contributed by atoms with Crippen LogP contribution in [0.5, 0.6) is 0 Å². The summed E-state index contributed by atoms with van der Waals surface area (Å²) in [6.45, 7) is 4.22. The fourth-order valence-electron chi connectivity index (χ4n) is 4.44. The molecule has 4 heteroatoms. The molecule has 0 spiro atoms. The topological polar surface area (TPSA) is 57.4 Å². The molecule has 8 bridgehead atoms. The maximum Gasteiger partial charge on any atom is 0.0659 e. The molecule has 5 aromatic rings. The lowest BCUT2D eigenvalue weighted by Gasteiger charge is -2.02. The molecule has 2 aliphatic heterocycles. The van der Waals surface area contributed by atoms with Crippen molar-refractivity contribution in [1.82, 2.24) is 19.9 Å². The molecule has 4 nitrogen and oxygen atoms in total. The maximum atomic E-state index is 4.62. The number of hydrogen-bond donors (Lipinski definition) is 2.